The highest BCUT2D eigenvalue weighted by molar-refractivity contribution is 7.17. The van der Waals surface area contributed by atoms with Crippen molar-refractivity contribution in [3.8, 4) is 5.00 Å². The van der Waals surface area contributed by atoms with Crippen LogP contribution >= 0.6 is 22.9 Å². The fraction of sp³-hybridized carbons (Fsp3) is 0.286. The van der Waals surface area contributed by atoms with Gasteiger partial charge < -0.3 is 4.74 Å². The molecule has 0 saturated carbocycles. The van der Waals surface area contributed by atoms with E-state index < -0.39 is 12.0 Å². The molecule has 9 heteroatoms. The number of thiophene rings is 1. The number of methoxy groups -OCH3 is 1. The van der Waals surface area contributed by atoms with E-state index in [1.807, 2.05) is 30.5 Å². The first-order valence-electron chi connectivity index (χ1n) is 9.29. The van der Waals surface area contributed by atoms with E-state index >= 15 is 0 Å². The van der Waals surface area contributed by atoms with Gasteiger partial charge in [0.15, 0.2) is 11.6 Å². The second-order valence-corrected chi connectivity index (χ2v) is 8.45. The van der Waals surface area contributed by atoms with Crippen molar-refractivity contribution < 1.29 is 14.3 Å². The third-order valence-corrected chi connectivity index (χ3v) is 6.66. The number of aliphatic imine (C=N–C) groups is 1. The van der Waals surface area contributed by atoms with E-state index in [0.717, 1.165) is 21.7 Å². The van der Waals surface area contributed by atoms with Crippen LogP contribution in [0.5, 0.6) is 0 Å². The smallest absolute Gasteiger partial charge is 0.308 e. The van der Waals surface area contributed by atoms with E-state index in [9.17, 15) is 9.59 Å². The first kappa shape index (κ1) is 20.4. The van der Waals surface area contributed by atoms with Crippen LogP contribution in [0, 0.1) is 13.8 Å². The predicted octanol–water partition coefficient (Wildman–Crippen LogP) is 4.26. The van der Waals surface area contributed by atoms with Gasteiger partial charge in [-0.2, -0.15) is 0 Å². The van der Waals surface area contributed by atoms with Crippen LogP contribution in [0.3, 0.4) is 0 Å². The normalized spacial score (nSPS) is 15.1. The van der Waals surface area contributed by atoms with Gasteiger partial charge in [-0.25, -0.2) is 0 Å². The molecule has 2 aromatic heterocycles. The Morgan fingerprint density at radius 1 is 1.20 bits per heavy atom. The summed E-state index contributed by atoms with van der Waals surface area (Å²) in [6.45, 7) is 5.31. The maximum absolute atomic E-state index is 12.3. The fourth-order valence-electron chi connectivity index (χ4n) is 3.60. The predicted molar refractivity (Wildman–Crippen MR) is 115 cm³/mol. The zero-order valence-corrected chi connectivity index (χ0v) is 18.5. The standard InChI is InChI=1S/C21H19ClN4O3S/c1-10-17-18(13-5-7-14(22)8-6-13)23-15(9-16(28)29-4)20-25-24-12(3)26(20)21(17)30-19(10)11(2)27/h5-8,15H,9H2,1-4H3/t15-/m0/s1. The molecular weight excluding hydrogens is 424 g/mol. The molecule has 154 valence electrons. The number of hydrogen-bond acceptors (Lipinski definition) is 7. The lowest BCUT2D eigenvalue weighted by Crippen LogP contribution is -2.12. The Labute approximate surface area is 182 Å². The van der Waals surface area contributed by atoms with Crippen LogP contribution < -0.4 is 0 Å². The number of carbonyl (C=O) groups is 2. The van der Waals surface area contributed by atoms with Crippen LogP contribution in [-0.2, 0) is 9.53 Å². The van der Waals surface area contributed by atoms with Gasteiger partial charge in [0.05, 0.1) is 24.1 Å². The quantitative estimate of drug-likeness (QED) is 0.445. The highest BCUT2D eigenvalue weighted by atomic mass is 35.5. The van der Waals surface area contributed by atoms with Crippen molar-refractivity contribution in [3.63, 3.8) is 0 Å². The number of benzene rings is 1. The number of nitrogens with zero attached hydrogens (tertiary/aromatic N) is 4. The monoisotopic (exact) mass is 442 g/mol. The maximum Gasteiger partial charge on any atom is 0.308 e. The van der Waals surface area contributed by atoms with Gasteiger partial charge in [-0.3, -0.25) is 19.1 Å². The summed E-state index contributed by atoms with van der Waals surface area (Å²) in [5.41, 5.74) is 3.20. The molecule has 1 atom stereocenters. The molecule has 0 fully saturated rings. The molecule has 7 nitrogen and oxygen atoms in total. The minimum absolute atomic E-state index is 0.0144. The molecule has 0 amide bonds. The molecule has 0 N–H and O–H groups in total. The maximum atomic E-state index is 12.3. The van der Waals surface area contributed by atoms with E-state index in [1.54, 1.807) is 19.1 Å². The Bertz CT molecular complexity index is 1190. The number of aryl methyl sites for hydroxylation is 1. The molecule has 3 heterocycles. The van der Waals surface area contributed by atoms with Gasteiger partial charge in [-0.15, -0.1) is 21.5 Å². The highest BCUT2D eigenvalue weighted by Gasteiger charge is 2.33. The Balaban J connectivity index is 2.04. The second kappa shape index (κ2) is 7.77. The lowest BCUT2D eigenvalue weighted by atomic mass is 9.99. The van der Waals surface area contributed by atoms with Crippen LogP contribution in [0.2, 0.25) is 5.02 Å². The van der Waals surface area contributed by atoms with E-state index in [4.69, 9.17) is 21.3 Å². The second-order valence-electron chi connectivity index (χ2n) is 7.01. The minimum Gasteiger partial charge on any atom is -0.469 e. The van der Waals surface area contributed by atoms with Crippen molar-refractivity contribution in [2.75, 3.05) is 7.11 Å². The highest BCUT2D eigenvalue weighted by Crippen LogP contribution is 2.40. The number of rotatable bonds is 4. The van der Waals surface area contributed by atoms with Crippen molar-refractivity contribution in [1.29, 1.82) is 0 Å². The van der Waals surface area contributed by atoms with Gasteiger partial charge >= 0.3 is 5.97 Å². The molecule has 0 radical (unpaired) electrons. The molecule has 1 aliphatic rings. The molecule has 0 spiro atoms. The van der Waals surface area contributed by atoms with Crippen molar-refractivity contribution in [3.05, 3.63) is 62.5 Å². The molecule has 1 aromatic carbocycles. The van der Waals surface area contributed by atoms with Crippen LogP contribution in [0.25, 0.3) is 5.00 Å². The Morgan fingerprint density at radius 2 is 1.90 bits per heavy atom. The first-order valence-corrected chi connectivity index (χ1v) is 10.5. The third-order valence-electron chi connectivity index (χ3n) is 5.03. The summed E-state index contributed by atoms with van der Waals surface area (Å²) in [5.74, 6) is 0.793. The van der Waals surface area contributed by atoms with E-state index in [2.05, 4.69) is 10.2 Å². The average molecular weight is 443 g/mol. The summed E-state index contributed by atoms with van der Waals surface area (Å²) in [7, 11) is 1.35. The lowest BCUT2D eigenvalue weighted by molar-refractivity contribution is -0.141. The number of ketones is 1. The Morgan fingerprint density at radius 3 is 2.53 bits per heavy atom. The zero-order chi connectivity index (χ0) is 21.6. The molecular formula is C21H19ClN4O3S. The minimum atomic E-state index is -0.580. The van der Waals surface area contributed by atoms with Gasteiger partial charge in [0.2, 0.25) is 0 Å². The summed E-state index contributed by atoms with van der Waals surface area (Å²) in [6.07, 6.45) is 0.0271. The van der Waals surface area contributed by atoms with Crippen molar-refractivity contribution in [1.82, 2.24) is 14.8 Å². The number of carbonyl (C=O) groups excluding carboxylic acids is 2. The van der Waals surface area contributed by atoms with Crippen LogP contribution in [0.15, 0.2) is 29.3 Å². The van der Waals surface area contributed by atoms with Crippen molar-refractivity contribution in [2.45, 2.75) is 33.2 Å². The number of Topliss-reactive ketones (excluding diaryl/α,β-unsaturated/α-hetero) is 1. The summed E-state index contributed by atoms with van der Waals surface area (Å²) in [4.78, 5) is 30.0. The number of ether oxygens (including phenoxy) is 1. The van der Waals surface area contributed by atoms with Gasteiger partial charge in [0, 0.05) is 16.1 Å². The fourth-order valence-corrected chi connectivity index (χ4v) is 4.99. The average Bonchev–Trinajstić information content (AvgIpc) is 3.21. The van der Waals surface area contributed by atoms with Crippen molar-refractivity contribution >= 4 is 40.4 Å². The Hall–Kier alpha value is -2.84. The molecule has 0 bridgehead atoms. The topological polar surface area (TPSA) is 86.4 Å². The number of halogens is 1. The van der Waals surface area contributed by atoms with Gasteiger partial charge in [-0.1, -0.05) is 23.7 Å². The molecule has 0 saturated heterocycles. The van der Waals surface area contributed by atoms with E-state index in [1.165, 1.54) is 18.4 Å². The molecule has 1 aliphatic heterocycles. The number of fused-ring (bicyclic) bond motifs is 3. The molecule has 4 rings (SSSR count). The first-order chi connectivity index (χ1) is 14.3. The lowest BCUT2D eigenvalue weighted by Gasteiger charge is -2.11. The third kappa shape index (κ3) is 3.36. The van der Waals surface area contributed by atoms with Crippen molar-refractivity contribution in [2.24, 2.45) is 4.99 Å². The summed E-state index contributed by atoms with van der Waals surface area (Å²) >= 11 is 7.47. The SMILES string of the molecule is COC(=O)C[C@@H]1N=C(c2ccc(Cl)cc2)c2c(sc(C(C)=O)c2C)-n2c(C)nnc21. The van der Waals surface area contributed by atoms with E-state index in [-0.39, 0.29) is 12.2 Å². The van der Waals surface area contributed by atoms with Crippen LogP contribution in [0.1, 0.15) is 57.4 Å². The largest absolute Gasteiger partial charge is 0.469 e. The molecule has 30 heavy (non-hydrogen) atoms. The van der Waals surface area contributed by atoms with E-state index in [0.29, 0.717) is 27.3 Å². The number of aromatic nitrogens is 3. The van der Waals surface area contributed by atoms with Crippen LogP contribution in [0.4, 0.5) is 0 Å². The number of hydrogen-bond donors (Lipinski definition) is 0. The van der Waals surface area contributed by atoms with Gasteiger partial charge in [0.25, 0.3) is 0 Å². The zero-order valence-electron chi connectivity index (χ0n) is 16.9. The number of esters is 1. The Kier molecular flexibility index (Phi) is 5.29. The summed E-state index contributed by atoms with van der Waals surface area (Å²) in [6, 6.07) is 6.76. The summed E-state index contributed by atoms with van der Waals surface area (Å²) < 4.78 is 6.77. The van der Waals surface area contributed by atoms with Gasteiger partial charge in [-0.05, 0) is 38.5 Å². The van der Waals surface area contributed by atoms with Gasteiger partial charge in [0.1, 0.15) is 16.9 Å². The summed E-state index contributed by atoms with van der Waals surface area (Å²) in [5, 5.41) is 9.95. The molecule has 3 aromatic rings. The molecule has 0 aliphatic carbocycles. The van der Waals surface area contributed by atoms with Crippen LogP contribution in [-0.4, -0.2) is 39.3 Å². The molecule has 0 unspecified atom stereocenters.